The van der Waals surface area contributed by atoms with Gasteiger partial charge in [0.15, 0.2) is 0 Å². The quantitative estimate of drug-likeness (QED) is 0.363. The van der Waals surface area contributed by atoms with Crippen molar-refractivity contribution in [3.8, 4) is 0 Å². The first-order valence-electron chi connectivity index (χ1n) is 5.69. The zero-order chi connectivity index (χ0) is 12.4. The minimum absolute atomic E-state index is 0.632. The zero-order valence-corrected chi connectivity index (χ0v) is 12.0. The summed E-state index contributed by atoms with van der Waals surface area (Å²) in [7, 11) is 0.936. The average Bonchev–Trinajstić information content (AvgIpc) is 2.27. The molecule has 0 heterocycles. The molecule has 0 unspecified atom stereocenters. The van der Waals surface area contributed by atoms with Crippen molar-refractivity contribution >= 4 is 8.80 Å². The summed E-state index contributed by atoms with van der Waals surface area (Å²) in [4.78, 5) is 0. The van der Waals surface area contributed by atoms with Crippen molar-refractivity contribution in [2.24, 2.45) is 0 Å². The molecule has 0 radical (unpaired) electrons. The molecule has 0 saturated heterocycles. The first kappa shape index (κ1) is 15.8. The Hall–Kier alpha value is -0.203. The van der Waals surface area contributed by atoms with Crippen molar-refractivity contribution in [1.29, 1.82) is 0 Å². The number of rotatable bonds is 10. The Kier molecular flexibility index (Phi) is 8.78. The maximum atomic E-state index is 5.60. The molecule has 0 fully saturated rings. The van der Waals surface area contributed by atoms with E-state index < -0.39 is 8.80 Å². The third-order valence-corrected chi connectivity index (χ3v) is 5.19. The Bertz CT molecular complexity index is 196. The van der Waals surface area contributed by atoms with Crippen LogP contribution in [0.3, 0.4) is 0 Å². The Morgan fingerprint density at radius 2 is 1.94 bits per heavy atom. The fourth-order valence-corrected chi connectivity index (χ4v) is 3.43. The highest BCUT2D eigenvalue weighted by atomic mass is 28.4. The Morgan fingerprint density at radius 3 is 2.38 bits per heavy atom. The van der Waals surface area contributed by atoms with E-state index in [1.165, 1.54) is 0 Å². The summed E-state index contributed by atoms with van der Waals surface area (Å²) in [6.45, 7) is 10.2. The van der Waals surface area contributed by atoms with Crippen LogP contribution in [-0.4, -0.2) is 42.7 Å². The minimum atomic E-state index is -2.38. The minimum Gasteiger partial charge on any atom is -0.377 e. The van der Waals surface area contributed by atoms with E-state index in [1.807, 2.05) is 13.8 Å². The second-order valence-electron chi connectivity index (χ2n) is 3.76. The van der Waals surface area contributed by atoms with Gasteiger partial charge >= 0.3 is 8.80 Å². The summed E-state index contributed by atoms with van der Waals surface area (Å²) in [5, 5.41) is 3.30. The van der Waals surface area contributed by atoms with Crippen molar-refractivity contribution < 1.29 is 13.3 Å². The van der Waals surface area contributed by atoms with Crippen LogP contribution in [0.5, 0.6) is 0 Å². The van der Waals surface area contributed by atoms with Crippen molar-refractivity contribution in [2.75, 3.05) is 33.9 Å². The fraction of sp³-hybridized carbons (Fsp3) is 0.818. The van der Waals surface area contributed by atoms with Crippen LogP contribution in [0.1, 0.15) is 20.3 Å². The van der Waals surface area contributed by atoms with Crippen LogP contribution in [0.25, 0.3) is 0 Å². The van der Waals surface area contributed by atoms with Gasteiger partial charge in [-0.1, -0.05) is 12.2 Å². The number of hydrogen-bond donors (Lipinski definition) is 1. The van der Waals surface area contributed by atoms with Crippen molar-refractivity contribution in [2.45, 2.75) is 26.3 Å². The highest BCUT2D eigenvalue weighted by Crippen LogP contribution is 2.15. The van der Waals surface area contributed by atoms with Crippen LogP contribution in [-0.2, 0) is 13.3 Å². The van der Waals surface area contributed by atoms with E-state index in [4.69, 9.17) is 13.3 Å². The zero-order valence-electron chi connectivity index (χ0n) is 11.0. The second kappa shape index (κ2) is 8.89. The van der Waals surface area contributed by atoms with Gasteiger partial charge in [-0.05, 0) is 26.8 Å². The summed E-state index contributed by atoms with van der Waals surface area (Å²) in [5.74, 6) is 0. The van der Waals surface area contributed by atoms with Gasteiger partial charge in [-0.3, -0.25) is 0 Å². The van der Waals surface area contributed by atoms with E-state index in [9.17, 15) is 0 Å². The van der Waals surface area contributed by atoms with E-state index in [2.05, 4.69) is 11.9 Å². The molecule has 96 valence electrons. The Labute approximate surface area is 100 Å². The lowest BCUT2D eigenvalue weighted by atomic mass is 10.3. The van der Waals surface area contributed by atoms with Gasteiger partial charge in [0, 0.05) is 33.4 Å². The molecule has 0 amide bonds. The van der Waals surface area contributed by atoms with Gasteiger partial charge in [0.05, 0.1) is 0 Å². The topological polar surface area (TPSA) is 39.7 Å². The van der Waals surface area contributed by atoms with Gasteiger partial charge in [0.2, 0.25) is 0 Å². The van der Waals surface area contributed by atoms with Crippen LogP contribution in [0.2, 0.25) is 6.04 Å². The van der Waals surface area contributed by atoms with E-state index >= 15 is 0 Å². The molecule has 0 aromatic carbocycles. The molecule has 16 heavy (non-hydrogen) atoms. The second-order valence-corrected chi connectivity index (χ2v) is 6.73. The van der Waals surface area contributed by atoms with Gasteiger partial charge in [-0.2, -0.15) is 0 Å². The molecular weight excluding hydrogens is 222 g/mol. The lowest BCUT2D eigenvalue weighted by molar-refractivity contribution is 0.103. The molecule has 0 atom stereocenters. The standard InChI is InChI=1S/C11H25NO3Si/c1-6-15-16(13-4,14-5)9-7-8-12-10-11(2)3/h12H,2,6-10H2,1,3-5H3. The van der Waals surface area contributed by atoms with Gasteiger partial charge in [-0.25, -0.2) is 0 Å². The third-order valence-electron chi connectivity index (χ3n) is 2.25. The molecule has 0 spiro atoms. The van der Waals surface area contributed by atoms with Gasteiger partial charge in [-0.15, -0.1) is 0 Å². The summed E-state index contributed by atoms with van der Waals surface area (Å²) in [6.07, 6.45) is 0.987. The Balaban J connectivity index is 3.79. The molecule has 0 aliphatic rings. The fourth-order valence-electron chi connectivity index (χ4n) is 1.43. The summed E-state index contributed by atoms with van der Waals surface area (Å²) in [6, 6.07) is 0.844. The van der Waals surface area contributed by atoms with Crippen molar-refractivity contribution in [3.63, 3.8) is 0 Å². The van der Waals surface area contributed by atoms with Gasteiger partial charge in [0.1, 0.15) is 0 Å². The SMILES string of the molecule is C=C(C)CNCCC[Si](OC)(OC)OCC. The van der Waals surface area contributed by atoms with E-state index in [1.54, 1.807) is 14.2 Å². The van der Waals surface area contributed by atoms with Crippen molar-refractivity contribution in [3.05, 3.63) is 12.2 Å². The lowest BCUT2D eigenvalue weighted by Crippen LogP contribution is -2.44. The largest absolute Gasteiger partial charge is 0.500 e. The van der Waals surface area contributed by atoms with Crippen LogP contribution in [0.15, 0.2) is 12.2 Å². The third kappa shape index (κ3) is 6.39. The van der Waals surface area contributed by atoms with Gasteiger partial charge in [0.25, 0.3) is 0 Å². The number of hydrogen-bond acceptors (Lipinski definition) is 4. The molecule has 0 bridgehead atoms. The smallest absolute Gasteiger partial charge is 0.377 e. The molecular formula is C11H25NO3Si. The maximum Gasteiger partial charge on any atom is 0.500 e. The number of nitrogens with one attached hydrogen (secondary N) is 1. The molecule has 0 aliphatic heterocycles. The predicted molar refractivity (Wildman–Crippen MR) is 68.5 cm³/mol. The van der Waals surface area contributed by atoms with E-state index in [0.717, 1.165) is 31.1 Å². The van der Waals surface area contributed by atoms with Crippen LogP contribution < -0.4 is 5.32 Å². The van der Waals surface area contributed by atoms with E-state index in [-0.39, 0.29) is 0 Å². The maximum absolute atomic E-state index is 5.60. The highest BCUT2D eigenvalue weighted by molar-refractivity contribution is 6.60. The molecule has 4 nitrogen and oxygen atoms in total. The van der Waals surface area contributed by atoms with Crippen LogP contribution >= 0.6 is 0 Å². The van der Waals surface area contributed by atoms with E-state index in [0.29, 0.717) is 6.61 Å². The molecule has 0 saturated carbocycles. The summed E-state index contributed by atoms with van der Waals surface area (Å²) >= 11 is 0. The first-order chi connectivity index (χ1) is 7.60. The molecule has 5 heteroatoms. The molecule has 0 rings (SSSR count). The molecule has 0 aromatic rings. The summed E-state index contributed by atoms with van der Waals surface area (Å²) in [5.41, 5.74) is 1.15. The summed E-state index contributed by atoms with van der Waals surface area (Å²) < 4.78 is 16.4. The average molecular weight is 247 g/mol. The van der Waals surface area contributed by atoms with Gasteiger partial charge < -0.3 is 18.6 Å². The first-order valence-corrected chi connectivity index (χ1v) is 7.62. The Morgan fingerprint density at radius 1 is 1.31 bits per heavy atom. The van der Waals surface area contributed by atoms with Crippen LogP contribution in [0.4, 0.5) is 0 Å². The molecule has 0 aliphatic carbocycles. The monoisotopic (exact) mass is 247 g/mol. The van der Waals surface area contributed by atoms with Crippen molar-refractivity contribution in [1.82, 2.24) is 5.32 Å². The van der Waals surface area contributed by atoms with Crippen LogP contribution in [0, 0.1) is 0 Å². The molecule has 1 N–H and O–H groups in total. The molecule has 0 aromatic heterocycles. The predicted octanol–water partition coefficient (Wildman–Crippen LogP) is 1.81. The normalized spacial score (nSPS) is 11.8. The highest BCUT2D eigenvalue weighted by Gasteiger charge is 2.37. The lowest BCUT2D eigenvalue weighted by Gasteiger charge is -2.25.